The fraction of sp³-hybridized carbons (Fsp3) is 0.133. The fourth-order valence-electron chi connectivity index (χ4n) is 2.13. The van der Waals surface area contributed by atoms with Crippen LogP contribution in [0.1, 0.15) is 9.75 Å². The lowest BCUT2D eigenvalue weighted by molar-refractivity contribution is 1.39. The van der Waals surface area contributed by atoms with E-state index in [1.807, 2.05) is 17.4 Å². The maximum Gasteiger partial charge on any atom is 0.0720 e. The molecule has 0 atom stereocenters. The lowest BCUT2D eigenvalue weighted by Crippen LogP contribution is -1.85. The van der Waals surface area contributed by atoms with Gasteiger partial charge in [0.15, 0.2) is 0 Å². The highest BCUT2D eigenvalue weighted by molar-refractivity contribution is 9.10. The zero-order valence-electron chi connectivity index (χ0n) is 10.2. The molecule has 0 fully saturated rings. The molecule has 0 aliphatic carbocycles. The Bertz CT molecular complexity index is 730. The van der Waals surface area contributed by atoms with Crippen molar-refractivity contribution in [1.29, 1.82) is 0 Å². The third kappa shape index (κ3) is 2.08. The highest BCUT2D eigenvalue weighted by Crippen LogP contribution is 2.30. The molecule has 0 spiro atoms. The molecule has 2 aromatic heterocycles. The smallest absolute Gasteiger partial charge is 0.0720 e. The van der Waals surface area contributed by atoms with Gasteiger partial charge in [-0.15, -0.1) is 11.3 Å². The molecule has 0 N–H and O–H groups in total. The molecular formula is C15H12BrNS. The fourth-order valence-corrected chi connectivity index (χ4v) is 3.44. The van der Waals surface area contributed by atoms with Crippen LogP contribution >= 0.6 is 27.3 Å². The summed E-state index contributed by atoms with van der Waals surface area (Å²) in [4.78, 5) is 7.41. The van der Waals surface area contributed by atoms with E-state index in [9.17, 15) is 0 Å². The van der Waals surface area contributed by atoms with Crippen LogP contribution in [-0.2, 0) is 0 Å². The molecule has 0 aliphatic heterocycles. The number of benzene rings is 1. The summed E-state index contributed by atoms with van der Waals surface area (Å²) in [5.41, 5.74) is 3.35. The summed E-state index contributed by atoms with van der Waals surface area (Å²) >= 11 is 5.31. The molecule has 90 valence electrons. The van der Waals surface area contributed by atoms with E-state index in [1.165, 1.54) is 15.3 Å². The van der Waals surface area contributed by atoms with Crippen LogP contribution in [0, 0.1) is 13.8 Å². The first-order chi connectivity index (χ1) is 8.63. The summed E-state index contributed by atoms with van der Waals surface area (Å²) in [7, 11) is 0. The molecule has 0 unspecified atom stereocenters. The van der Waals surface area contributed by atoms with E-state index >= 15 is 0 Å². The van der Waals surface area contributed by atoms with Crippen molar-refractivity contribution in [2.45, 2.75) is 13.8 Å². The molecule has 0 saturated carbocycles. The molecule has 1 nitrogen and oxygen atoms in total. The molecule has 3 aromatic rings. The van der Waals surface area contributed by atoms with Crippen molar-refractivity contribution in [2.75, 3.05) is 0 Å². The Hall–Kier alpha value is -1.19. The van der Waals surface area contributed by atoms with Crippen molar-refractivity contribution in [3.63, 3.8) is 0 Å². The van der Waals surface area contributed by atoms with Crippen LogP contribution < -0.4 is 0 Å². The van der Waals surface area contributed by atoms with Crippen LogP contribution in [0.2, 0.25) is 0 Å². The molecule has 3 heteroatoms. The Labute approximate surface area is 119 Å². The predicted octanol–water partition coefficient (Wildman–Crippen LogP) is 5.34. The van der Waals surface area contributed by atoms with Crippen LogP contribution in [0.3, 0.4) is 0 Å². The van der Waals surface area contributed by atoms with Gasteiger partial charge in [-0.2, -0.15) is 0 Å². The summed E-state index contributed by atoms with van der Waals surface area (Å²) in [6, 6.07) is 12.6. The number of pyridine rings is 1. The minimum absolute atomic E-state index is 1.04. The molecule has 3 rings (SSSR count). The zero-order valence-corrected chi connectivity index (χ0v) is 12.6. The van der Waals surface area contributed by atoms with Crippen LogP contribution in [0.15, 0.2) is 40.9 Å². The molecule has 0 saturated heterocycles. The average Bonchev–Trinajstić information content (AvgIpc) is 2.68. The van der Waals surface area contributed by atoms with Crippen LogP contribution in [0.4, 0.5) is 0 Å². The lowest BCUT2D eigenvalue weighted by atomic mass is 10.1. The Morgan fingerprint density at radius 3 is 2.61 bits per heavy atom. The van der Waals surface area contributed by atoms with E-state index in [0.29, 0.717) is 0 Å². The second-order valence-corrected chi connectivity index (χ2v) is 6.74. The molecule has 0 aliphatic rings. The molecular weight excluding hydrogens is 306 g/mol. The van der Waals surface area contributed by atoms with Crippen molar-refractivity contribution in [1.82, 2.24) is 4.98 Å². The number of aromatic nitrogens is 1. The first kappa shape index (κ1) is 11.9. The van der Waals surface area contributed by atoms with E-state index < -0.39 is 0 Å². The first-order valence-corrected chi connectivity index (χ1v) is 7.38. The van der Waals surface area contributed by atoms with Gasteiger partial charge in [-0.3, -0.25) is 0 Å². The number of fused-ring (bicyclic) bond motifs is 1. The summed E-state index contributed by atoms with van der Waals surface area (Å²) < 4.78 is 1.09. The first-order valence-electron chi connectivity index (χ1n) is 5.77. The van der Waals surface area contributed by atoms with Gasteiger partial charge in [0.2, 0.25) is 0 Å². The van der Waals surface area contributed by atoms with Crippen molar-refractivity contribution in [3.05, 3.63) is 50.6 Å². The average molecular weight is 318 g/mol. The minimum Gasteiger partial charge on any atom is -0.248 e. The van der Waals surface area contributed by atoms with Crippen LogP contribution in [-0.4, -0.2) is 4.98 Å². The minimum atomic E-state index is 1.04. The van der Waals surface area contributed by atoms with Gasteiger partial charge >= 0.3 is 0 Å². The standard InChI is InChI=1S/C15H12BrNS/c1-9-7-13(10(2)18-9)15-5-3-11-8-12(16)4-6-14(11)17-15/h3-8H,1-2H3. The number of nitrogens with zero attached hydrogens (tertiary/aromatic N) is 1. The van der Waals surface area contributed by atoms with Crippen molar-refractivity contribution >= 4 is 38.2 Å². The number of rotatable bonds is 1. The quantitative estimate of drug-likeness (QED) is 0.590. The Balaban J connectivity index is 2.19. The van der Waals surface area contributed by atoms with E-state index in [4.69, 9.17) is 4.98 Å². The highest BCUT2D eigenvalue weighted by atomic mass is 79.9. The molecule has 0 amide bonds. The van der Waals surface area contributed by atoms with Crippen molar-refractivity contribution < 1.29 is 0 Å². The Kier molecular flexibility index (Phi) is 2.96. The number of aryl methyl sites for hydroxylation is 2. The maximum absolute atomic E-state index is 4.75. The summed E-state index contributed by atoms with van der Waals surface area (Å²) in [5, 5.41) is 1.16. The van der Waals surface area contributed by atoms with Crippen LogP contribution in [0.5, 0.6) is 0 Å². The predicted molar refractivity (Wildman–Crippen MR) is 82.2 cm³/mol. The normalized spacial score (nSPS) is 11.1. The van der Waals surface area contributed by atoms with Crippen molar-refractivity contribution in [2.24, 2.45) is 0 Å². The third-order valence-electron chi connectivity index (χ3n) is 2.97. The van der Waals surface area contributed by atoms with E-state index in [1.54, 1.807) is 0 Å². The number of hydrogen-bond acceptors (Lipinski definition) is 2. The Morgan fingerprint density at radius 2 is 1.89 bits per heavy atom. The van der Waals surface area contributed by atoms with Gasteiger partial charge in [-0.05, 0) is 44.2 Å². The zero-order chi connectivity index (χ0) is 12.7. The third-order valence-corrected chi connectivity index (χ3v) is 4.43. The van der Waals surface area contributed by atoms with Gasteiger partial charge < -0.3 is 0 Å². The molecule has 0 radical (unpaired) electrons. The van der Waals surface area contributed by atoms with Crippen LogP contribution in [0.25, 0.3) is 22.2 Å². The van der Waals surface area contributed by atoms with E-state index in [0.717, 1.165) is 21.1 Å². The summed E-state index contributed by atoms with van der Waals surface area (Å²) in [6.45, 7) is 4.29. The molecule has 1 aromatic carbocycles. The summed E-state index contributed by atoms with van der Waals surface area (Å²) in [5.74, 6) is 0. The number of thiophene rings is 1. The summed E-state index contributed by atoms with van der Waals surface area (Å²) in [6.07, 6.45) is 0. The topological polar surface area (TPSA) is 12.9 Å². The van der Waals surface area contributed by atoms with Gasteiger partial charge in [-0.1, -0.05) is 22.0 Å². The number of halogens is 1. The van der Waals surface area contributed by atoms with Gasteiger partial charge in [0.25, 0.3) is 0 Å². The molecule has 0 bridgehead atoms. The number of hydrogen-bond donors (Lipinski definition) is 0. The molecule has 2 heterocycles. The van der Waals surface area contributed by atoms with Crippen molar-refractivity contribution in [3.8, 4) is 11.3 Å². The highest BCUT2D eigenvalue weighted by Gasteiger charge is 2.07. The lowest BCUT2D eigenvalue weighted by Gasteiger charge is -2.03. The van der Waals surface area contributed by atoms with E-state index in [-0.39, 0.29) is 0 Å². The van der Waals surface area contributed by atoms with Gasteiger partial charge in [0.1, 0.15) is 0 Å². The maximum atomic E-state index is 4.75. The Morgan fingerprint density at radius 1 is 1.06 bits per heavy atom. The second-order valence-electron chi connectivity index (χ2n) is 4.36. The SMILES string of the molecule is Cc1cc(-c2ccc3cc(Br)ccc3n2)c(C)s1. The molecule has 18 heavy (non-hydrogen) atoms. The largest absolute Gasteiger partial charge is 0.248 e. The monoisotopic (exact) mass is 317 g/mol. The van der Waals surface area contributed by atoms with Gasteiger partial charge in [-0.25, -0.2) is 4.98 Å². The van der Waals surface area contributed by atoms with E-state index in [2.05, 4.69) is 60.1 Å². The second kappa shape index (κ2) is 4.48. The van der Waals surface area contributed by atoms with Gasteiger partial charge in [0, 0.05) is 25.2 Å². The van der Waals surface area contributed by atoms with Gasteiger partial charge in [0.05, 0.1) is 11.2 Å².